The number of para-hydroxylation sites is 1. The van der Waals surface area contributed by atoms with Crippen LogP contribution in [0.4, 0.5) is 0 Å². The molecule has 0 saturated carbocycles. The van der Waals surface area contributed by atoms with Crippen LogP contribution in [0.5, 0.6) is 5.75 Å². The van der Waals surface area contributed by atoms with Gasteiger partial charge in [0, 0.05) is 12.6 Å². The second-order valence-corrected chi connectivity index (χ2v) is 6.01. The molecule has 0 aromatic heterocycles. The minimum atomic E-state index is 0.125. The minimum absolute atomic E-state index is 0.125. The summed E-state index contributed by atoms with van der Waals surface area (Å²) >= 11 is 0. The number of likely N-dealkylation sites (tertiary alicyclic amines) is 1. The van der Waals surface area contributed by atoms with Crippen molar-refractivity contribution >= 4 is 5.91 Å². The van der Waals surface area contributed by atoms with E-state index in [4.69, 9.17) is 4.74 Å². The molecule has 1 amide bonds. The lowest BCUT2D eigenvalue weighted by Gasteiger charge is -2.34. The van der Waals surface area contributed by atoms with E-state index < -0.39 is 0 Å². The van der Waals surface area contributed by atoms with Crippen LogP contribution in [0.1, 0.15) is 36.0 Å². The second kappa shape index (κ2) is 6.48. The lowest BCUT2D eigenvalue weighted by molar-refractivity contribution is 0.0667. The van der Waals surface area contributed by atoms with Crippen molar-refractivity contribution < 1.29 is 9.53 Å². The van der Waals surface area contributed by atoms with Gasteiger partial charge in [-0.05, 0) is 56.8 Å². The smallest absolute Gasteiger partial charge is 0.257 e. The Bertz CT molecular complexity index is 497. The summed E-state index contributed by atoms with van der Waals surface area (Å²) in [6.07, 6.45) is 4.69. The second-order valence-electron chi connectivity index (χ2n) is 6.01. The van der Waals surface area contributed by atoms with Crippen LogP contribution in [0.25, 0.3) is 0 Å². The number of hydrogen-bond acceptors (Lipinski definition) is 3. The van der Waals surface area contributed by atoms with Gasteiger partial charge >= 0.3 is 0 Å². The molecule has 2 unspecified atom stereocenters. The zero-order valence-electron chi connectivity index (χ0n) is 12.7. The third kappa shape index (κ3) is 2.91. The predicted octanol–water partition coefficient (Wildman–Crippen LogP) is 2.30. The quantitative estimate of drug-likeness (QED) is 0.928. The lowest BCUT2D eigenvalue weighted by atomic mass is 9.90. The van der Waals surface area contributed by atoms with E-state index in [2.05, 4.69) is 10.2 Å². The first-order valence-corrected chi connectivity index (χ1v) is 7.96. The van der Waals surface area contributed by atoms with Crippen LogP contribution >= 0.6 is 0 Å². The molecule has 0 radical (unpaired) electrons. The summed E-state index contributed by atoms with van der Waals surface area (Å²) in [4.78, 5) is 15.0. The van der Waals surface area contributed by atoms with Crippen LogP contribution in [0, 0.1) is 5.92 Å². The van der Waals surface area contributed by atoms with Gasteiger partial charge in [-0.15, -0.1) is 0 Å². The van der Waals surface area contributed by atoms with E-state index in [0.29, 0.717) is 23.3 Å². The largest absolute Gasteiger partial charge is 0.496 e. The number of amides is 1. The number of ether oxygens (including phenoxy) is 1. The van der Waals surface area contributed by atoms with Crippen molar-refractivity contribution in [3.05, 3.63) is 29.8 Å². The molecule has 0 aliphatic carbocycles. The average Bonchev–Trinajstić information content (AvgIpc) is 3.04. The van der Waals surface area contributed by atoms with Gasteiger partial charge < -0.3 is 15.0 Å². The molecule has 1 aromatic carbocycles. The van der Waals surface area contributed by atoms with E-state index in [9.17, 15) is 4.79 Å². The van der Waals surface area contributed by atoms with Crippen LogP contribution in [-0.2, 0) is 0 Å². The van der Waals surface area contributed by atoms with E-state index in [-0.39, 0.29) is 5.91 Å². The molecule has 2 heterocycles. The highest BCUT2D eigenvalue weighted by molar-refractivity contribution is 5.97. The van der Waals surface area contributed by atoms with Crippen LogP contribution in [-0.4, -0.2) is 43.6 Å². The number of hydrogen-bond donors (Lipinski definition) is 1. The first kappa shape index (κ1) is 14.4. The molecule has 0 bridgehead atoms. The number of nitrogens with zero attached hydrogens (tertiary/aromatic N) is 1. The van der Waals surface area contributed by atoms with Gasteiger partial charge in [0.2, 0.25) is 0 Å². The van der Waals surface area contributed by atoms with E-state index in [1.54, 1.807) is 7.11 Å². The zero-order valence-corrected chi connectivity index (χ0v) is 12.7. The topological polar surface area (TPSA) is 41.6 Å². The van der Waals surface area contributed by atoms with Gasteiger partial charge in [-0.2, -0.15) is 0 Å². The SMILES string of the molecule is COc1ccccc1C(=O)N1CCCC1C1CCCNC1. The Morgan fingerprint density at radius 2 is 2.14 bits per heavy atom. The average molecular weight is 288 g/mol. The van der Waals surface area contributed by atoms with Gasteiger partial charge in [-0.3, -0.25) is 4.79 Å². The third-order valence-corrected chi connectivity index (χ3v) is 4.78. The molecule has 0 spiro atoms. The molecule has 3 rings (SSSR count). The maximum Gasteiger partial charge on any atom is 0.257 e. The molecule has 4 nitrogen and oxygen atoms in total. The Balaban J connectivity index is 1.79. The van der Waals surface area contributed by atoms with Crippen LogP contribution < -0.4 is 10.1 Å². The summed E-state index contributed by atoms with van der Waals surface area (Å²) in [7, 11) is 1.62. The van der Waals surface area contributed by atoms with Crippen molar-refractivity contribution in [1.29, 1.82) is 0 Å². The van der Waals surface area contributed by atoms with E-state index in [0.717, 1.165) is 32.5 Å². The van der Waals surface area contributed by atoms with Gasteiger partial charge in [0.25, 0.3) is 5.91 Å². The van der Waals surface area contributed by atoms with Crippen molar-refractivity contribution in [2.75, 3.05) is 26.7 Å². The van der Waals surface area contributed by atoms with Crippen molar-refractivity contribution in [1.82, 2.24) is 10.2 Å². The zero-order chi connectivity index (χ0) is 14.7. The first-order chi connectivity index (χ1) is 10.3. The molecule has 2 atom stereocenters. The monoisotopic (exact) mass is 288 g/mol. The van der Waals surface area contributed by atoms with Gasteiger partial charge in [-0.25, -0.2) is 0 Å². The van der Waals surface area contributed by atoms with Crippen LogP contribution in [0.15, 0.2) is 24.3 Å². The van der Waals surface area contributed by atoms with E-state index in [1.807, 2.05) is 24.3 Å². The van der Waals surface area contributed by atoms with Crippen LogP contribution in [0.2, 0.25) is 0 Å². The van der Waals surface area contributed by atoms with Crippen molar-refractivity contribution in [3.63, 3.8) is 0 Å². The number of carbonyl (C=O) groups excluding carboxylic acids is 1. The molecule has 2 aliphatic rings. The van der Waals surface area contributed by atoms with Gasteiger partial charge in [0.05, 0.1) is 12.7 Å². The Kier molecular flexibility index (Phi) is 4.44. The summed E-state index contributed by atoms with van der Waals surface area (Å²) in [5.41, 5.74) is 0.690. The number of nitrogens with one attached hydrogen (secondary N) is 1. The Morgan fingerprint density at radius 1 is 1.29 bits per heavy atom. The molecular weight excluding hydrogens is 264 g/mol. The molecule has 4 heteroatoms. The summed E-state index contributed by atoms with van der Waals surface area (Å²) < 4.78 is 5.35. The summed E-state index contributed by atoms with van der Waals surface area (Å²) in [6.45, 7) is 3.03. The maximum atomic E-state index is 12.9. The number of methoxy groups -OCH3 is 1. The van der Waals surface area contributed by atoms with Crippen molar-refractivity contribution in [3.8, 4) is 5.75 Å². The van der Waals surface area contributed by atoms with Gasteiger partial charge in [0.15, 0.2) is 0 Å². The minimum Gasteiger partial charge on any atom is -0.496 e. The molecule has 21 heavy (non-hydrogen) atoms. The number of benzene rings is 1. The van der Waals surface area contributed by atoms with Gasteiger partial charge in [0.1, 0.15) is 5.75 Å². The molecule has 1 aromatic rings. The fourth-order valence-electron chi connectivity index (χ4n) is 3.72. The summed E-state index contributed by atoms with van der Waals surface area (Å²) in [6, 6.07) is 7.93. The van der Waals surface area contributed by atoms with Crippen molar-refractivity contribution in [2.24, 2.45) is 5.92 Å². The first-order valence-electron chi connectivity index (χ1n) is 7.96. The molecule has 2 saturated heterocycles. The summed E-state index contributed by atoms with van der Waals surface area (Å²) in [5, 5.41) is 3.47. The molecule has 2 aliphatic heterocycles. The molecule has 114 valence electrons. The highest BCUT2D eigenvalue weighted by Crippen LogP contribution is 2.31. The van der Waals surface area contributed by atoms with E-state index in [1.165, 1.54) is 12.8 Å². The normalized spacial score (nSPS) is 25.9. The highest BCUT2D eigenvalue weighted by Gasteiger charge is 2.36. The Labute approximate surface area is 126 Å². The molecule has 1 N–H and O–H groups in total. The molecule has 2 fully saturated rings. The Hall–Kier alpha value is -1.55. The van der Waals surface area contributed by atoms with E-state index >= 15 is 0 Å². The lowest BCUT2D eigenvalue weighted by Crippen LogP contribution is -2.45. The maximum absolute atomic E-state index is 12.9. The third-order valence-electron chi connectivity index (χ3n) is 4.78. The Morgan fingerprint density at radius 3 is 2.90 bits per heavy atom. The van der Waals surface area contributed by atoms with Crippen molar-refractivity contribution in [2.45, 2.75) is 31.7 Å². The highest BCUT2D eigenvalue weighted by atomic mass is 16.5. The number of piperidine rings is 1. The standard InChI is InChI=1S/C17H24N2O2/c1-21-16-9-3-2-7-14(16)17(20)19-11-5-8-15(19)13-6-4-10-18-12-13/h2-3,7,9,13,15,18H,4-6,8,10-12H2,1H3. The van der Waals surface area contributed by atoms with Crippen LogP contribution in [0.3, 0.4) is 0 Å². The number of rotatable bonds is 3. The fourth-order valence-corrected chi connectivity index (χ4v) is 3.72. The molecular formula is C17H24N2O2. The fraction of sp³-hybridized carbons (Fsp3) is 0.588. The number of carbonyl (C=O) groups is 1. The summed E-state index contributed by atoms with van der Waals surface area (Å²) in [5.74, 6) is 1.40. The van der Waals surface area contributed by atoms with Gasteiger partial charge in [-0.1, -0.05) is 12.1 Å². The predicted molar refractivity (Wildman–Crippen MR) is 82.6 cm³/mol.